The molecular weight excluding hydrogens is 383 g/mol. The van der Waals surface area contributed by atoms with Gasteiger partial charge in [0, 0.05) is 28.5 Å². The number of carbonyl (C=O) groups is 1. The molecule has 8 heteroatoms. The van der Waals surface area contributed by atoms with Crippen molar-refractivity contribution in [1.82, 2.24) is 10.3 Å². The molecule has 2 N–H and O–H groups in total. The van der Waals surface area contributed by atoms with Crippen molar-refractivity contribution < 1.29 is 13.9 Å². The van der Waals surface area contributed by atoms with E-state index < -0.39 is 5.82 Å². The van der Waals surface area contributed by atoms with E-state index in [0.717, 1.165) is 5.56 Å². The van der Waals surface area contributed by atoms with Crippen molar-refractivity contribution in [2.45, 2.75) is 6.92 Å². The molecule has 0 aliphatic rings. The zero-order valence-corrected chi connectivity index (χ0v) is 16.0. The quantitative estimate of drug-likeness (QED) is 0.375. The van der Waals surface area contributed by atoms with Crippen molar-refractivity contribution >= 4 is 28.8 Å². The number of anilines is 2. The first-order valence-electron chi connectivity index (χ1n) is 8.48. The molecule has 0 bridgehead atoms. The van der Waals surface area contributed by atoms with Crippen LogP contribution in [0.1, 0.15) is 15.9 Å². The smallest absolute Gasteiger partial charge is 0.193 e. The third-order valence-electron chi connectivity index (χ3n) is 4.15. The Morgan fingerprint density at radius 2 is 2.07 bits per heavy atom. The summed E-state index contributed by atoms with van der Waals surface area (Å²) in [6, 6.07) is 7.45. The molecule has 3 rings (SSSR count). The zero-order chi connectivity index (χ0) is 20.3. The number of hydrogen-bond donors (Lipinski definition) is 2. The van der Waals surface area contributed by atoms with Crippen LogP contribution in [-0.2, 0) is 0 Å². The third kappa shape index (κ3) is 4.27. The largest absolute Gasteiger partial charge is 0.619 e. The molecule has 0 radical (unpaired) electrons. The van der Waals surface area contributed by atoms with E-state index in [2.05, 4.69) is 15.6 Å². The lowest BCUT2D eigenvalue weighted by Gasteiger charge is -2.14. The summed E-state index contributed by atoms with van der Waals surface area (Å²) in [4.78, 5) is 16.6. The van der Waals surface area contributed by atoms with Crippen LogP contribution in [0.2, 0.25) is 5.02 Å². The highest BCUT2D eigenvalue weighted by Crippen LogP contribution is 2.29. The standard InChI is InChI=1S/C20H18ClFN4O2/c1-12-9-24-19(14-7-13(21)3-4-16(14)22)8-18(12)25-17-5-6-26(28)11-15(17)20(27)10-23-2/h3-9,11,23H,10H2,1-2H3,(H,24,25). The van der Waals surface area contributed by atoms with Gasteiger partial charge < -0.3 is 15.8 Å². The Morgan fingerprint density at radius 3 is 2.82 bits per heavy atom. The SMILES string of the molecule is CNCC(=O)c1c[n+]([O-])ccc1Nc1cc(-c2cc(Cl)ccc2F)ncc1C. The van der Waals surface area contributed by atoms with Gasteiger partial charge in [-0.3, -0.25) is 9.78 Å². The number of nitrogens with zero attached hydrogens (tertiary/aromatic N) is 2. The van der Waals surface area contributed by atoms with Crippen LogP contribution in [0.4, 0.5) is 15.8 Å². The van der Waals surface area contributed by atoms with Gasteiger partial charge in [-0.05, 0) is 43.8 Å². The van der Waals surface area contributed by atoms with E-state index in [9.17, 15) is 14.4 Å². The molecule has 0 saturated carbocycles. The predicted molar refractivity (Wildman–Crippen MR) is 106 cm³/mol. The maximum atomic E-state index is 14.2. The number of aromatic nitrogens is 2. The highest BCUT2D eigenvalue weighted by atomic mass is 35.5. The van der Waals surface area contributed by atoms with Crippen LogP contribution in [0.25, 0.3) is 11.3 Å². The van der Waals surface area contributed by atoms with Crippen molar-refractivity contribution in [1.29, 1.82) is 0 Å². The molecule has 0 aliphatic carbocycles. The van der Waals surface area contributed by atoms with Crippen molar-refractivity contribution in [3.8, 4) is 11.3 Å². The Morgan fingerprint density at radius 1 is 1.29 bits per heavy atom. The van der Waals surface area contributed by atoms with Gasteiger partial charge in [0.2, 0.25) is 0 Å². The molecule has 0 amide bonds. The number of pyridine rings is 2. The van der Waals surface area contributed by atoms with Crippen LogP contribution in [0, 0.1) is 17.9 Å². The molecule has 0 aliphatic heterocycles. The molecule has 28 heavy (non-hydrogen) atoms. The van der Waals surface area contributed by atoms with Crippen molar-refractivity contribution in [3.05, 3.63) is 76.1 Å². The fraction of sp³-hybridized carbons (Fsp3) is 0.150. The van der Waals surface area contributed by atoms with Gasteiger partial charge in [0.15, 0.2) is 18.2 Å². The Labute approximate surface area is 166 Å². The van der Waals surface area contributed by atoms with Gasteiger partial charge in [0.25, 0.3) is 0 Å². The highest BCUT2D eigenvalue weighted by molar-refractivity contribution is 6.30. The van der Waals surface area contributed by atoms with Crippen molar-refractivity contribution in [2.24, 2.45) is 0 Å². The number of aryl methyl sites for hydroxylation is 1. The maximum Gasteiger partial charge on any atom is 0.193 e. The second-order valence-corrected chi connectivity index (χ2v) is 6.66. The van der Waals surface area contributed by atoms with Crippen LogP contribution in [-0.4, -0.2) is 24.4 Å². The van der Waals surface area contributed by atoms with Gasteiger partial charge in [0.1, 0.15) is 11.4 Å². The number of nitrogens with one attached hydrogen (secondary N) is 2. The Kier molecular flexibility index (Phi) is 5.87. The van der Waals surface area contributed by atoms with Crippen LogP contribution in [0.15, 0.2) is 48.9 Å². The van der Waals surface area contributed by atoms with Gasteiger partial charge in [-0.15, -0.1) is 0 Å². The summed E-state index contributed by atoms with van der Waals surface area (Å²) in [5.41, 5.74) is 2.81. The third-order valence-corrected chi connectivity index (χ3v) is 4.38. The summed E-state index contributed by atoms with van der Waals surface area (Å²) in [7, 11) is 1.65. The number of hydrogen-bond acceptors (Lipinski definition) is 5. The molecular formula is C20H18ClFN4O2. The second kappa shape index (κ2) is 8.33. The Bertz CT molecular complexity index is 1040. The molecule has 0 atom stereocenters. The minimum Gasteiger partial charge on any atom is -0.619 e. The predicted octanol–water partition coefficient (Wildman–Crippen LogP) is 3.63. The maximum absolute atomic E-state index is 14.2. The summed E-state index contributed by atoms with van der Waals surface area (Å²) in [6.07, 6.45) is 4.12. The molecule has 0 fully saturated rings. The van der Waals surface area contributed by atoms with Gasteiger partial charge in [0.05, 0.1) is 17.9 Å². The number of benzene rings is 1. The number of carbonyl (C=O) groups excluding carboxylic acids is 1. The van der Waals surface area contributed by atoms with E-state index in [0.29, 0.717) is 26.8 Å². The lowest BCUT2D eigenvalue weighted by molar-refractivity contribution is -0.605. The molecule has 144 valence electrons. The summed E-state index contributed by atoms with van der Waals surface area (Å²) in [5, 5.41) is 18.0. The highest BCUT2D eigenvalue weighted by Gasteiger charge is 2.16. The fourth-order valence-corrected chi connectivity index (χ4v) is 2.88. The number of Topliss-reactive ketones (excluding diaryl/α,β-unsaturated/α-hetero) is 1. The molecule has 0 unspecified atom stereocenters. The molecule has 3 aromatic rings. The zero-order valence-electron chi connectivity index (χ0n) is 15.3. The first-order valence-corrected chi connectivity index (χ1v) is 8.86. The second-order valence-electron chi connectivity index (χ2n) is 6.22. The van der Waals surface area contributed by atoms with Crippen LogP contribution >= 0.6 is 11.6 Å². The van der Waals surface area contributed by atoms with Crippen molar-refractivity contribution in [2.75, 3.05) is 18.9 Å². The number of likely N-dealkylation sites (N-methyl/N-ethyl adjacent to an activating group) is 1. The van der Waals surface area contributed by atoms with E-state index in [1.165, 1.54) is 36.7 Å². The number of rotatable bonds is 6. The molecule has 2 aromatic heterocycles. The summed E-state index contributed by atoms with van der Waals surface area (Å²) < 4.78 is 14.8. The average molecular weight is 401 g/mol. The number of halogens is 2. The molecule has 0 spiro atoms. The van der Waals surface area contributed by atoms with E-state index in [1.807, 2.05) is 6.92 Å². The van der Waals surface area contributed by atoms with E-state index in [-0.39, 0.29) is 23.5 Å². The van der Waals surface area contributed by atoms with Crippen LogP contribution < -0.4 is 15.4 Å². The minimum absolute atomic E-state index is 0.0903. The Hall–Kier alpha value is -3.03. The van der Waals surface area contributed by atoms with Gasteiger partial charge >= 0.3 is 0 Å². The summed E-state index contributed by atoms with van der Waals surface area (Å²) >= 11 is 5.98. The summed E-state index contributed by atoms with van der Waals surface area (Å²) in [5.74, 6) is -0.674. The van der Waals surface area contributed by atoms with Crippen molar-refractivity contribution in [3.63, 3.8) is 0 Å². The molecule has 0 saturated heterocycles. The first-order chi connectivity index (χ1) is 13.4. The minimum atomic E-state index is -0.441. The lowest BCUT2D eigenvalue weighted by Crippen LogP contribution is -2.29. The first kappa shape index (κ1) is 19.7. The van der Waals surface area contributed by atoms with E-state index >= 15 is 0 Å². The lowest BCUT2D eigenvalue weighted by atomic mass is 10.1. The fourth-order valence-electron chi connectivity index (χ4n) is 2.71. The molecule has 1 aromatic carbocycles. The Balaban J connectivity index is 2.02. The van der Waals surface area contributed by atoms with Crippen LogP contribution in [0.5, 0.6) is 0 Å². The van der Waals surface area contributed by atoms with Gasteiger partial charge in [-0.25, -0.2) is 4.39 Å². The number of ketones is 1. The molecule has 2 heterocycles. The van der Waals surface area contributed by atoms with Gasteiger partial charge in [-0.2, -0.15) is 4.73 Å². The molecule has 6 nitrogen and oxygen atoms in total. The van der Waals surface area contributed by atoms with Crippen LogP contribution in [0.3, 0.4) is 0 Å². The summed E-state index contributed by atoms with van der Waals surface area (Å²) in [6.45, 7) is 1.92. The van der Waals surface area contributed by atoms with E-state index in [4.69, 9.17) is 11.6 Å². The topological polar surface area (TPSA) is 81.0 Å². The van der Waals surface area contributed by atoms with Gasteiger partial charge in [-0.1, -0.05) is 11.6 Å². The average Bonchev–Trinajstić information content (AvgIpc) is 2.67. The monoisotopic (exact) mass is 400 g/mol. The van der Waals surface area contributed by atoms with E-state index in [1.54, 1.807) is 19.3 Å². The normalized spacial score (nSPS) is 10.7.